The van der Waals surface area contributed by atoms with Gasteiger partial charge in [-0.05, 0) is 46.5 Å². The number of piperidine rings is 1. The van der Waals surface area contributed by atoms with Gasteiger partial charge >= 0.3 is 0 Å². The largest absolute Gasteiger partial charge is 0.465 e. The maximum Gasteiger partial charge on any atom is 0.118 e. The van der Waals surface area contributed by atoms with Crippen molar-refractivity contribution in [2.45, 2.75) is 45.8 Å². The third kappa shape index (κ3) is 4.08. The molecule has 1 aliphatic rings. The Balaban J connectivity index is 1.85. The second-order valence-corrected chi connectivity index (χ2v) is 6.05. The van der Waals surface area contributed by atoms with Crippen molar-refractivity contribution in [2.24, 2.45) is 0 Å². The van der Waals surface area contributed by atoms with Gasteiger partial charge in [0.15, 0.2) is 0 Å². The molecular formula is C16H29N3O. The molecule has 1 aromatic heterocycles. The van der Waals surface area contributed by atoms with E-state index < -0.39 is 0 Å². The van der Waals surface area contributed by atoms with E-state index in [1.54, 1.807) is 0 Å². The average molecular weight is 279 g/mol. The van der Waals surface area contributed by atoms with E-state index in [0.717, 1.165) is 37.2 Å². The van der Waals surface area contributed by atoms with Gasteiger partial charge in [0.25, 0.3) is 0 Å². The van der Waals surface area contributed by atoms with Crippen molar-refractivity contribution in [2.75, 3.05) is 33.7 Å². The van der Waals surface area contributed by atoms with Gasteiger partial charge in [0.1, 0.15) is 11.5 Å². The van der Waals surface area contributed by atoms with E-state index in [4.69, 9.17) is 4.42 Å². The summed E-state index contributed by atoms with van der Waals surface area (Å²) in [6, 6.07) is 2.96. The molecule has 2 heterocycles. The van der Waals surface area contributed by atoms with Crippen LogP contribution in [0.1, 0.15) is 36.8 Å². The van der Waals surface area contributed by atoms with Crippen LogP contribution in [0.4, 0.5) is 0 Å². The van der Waals surface area contributed by atoms with E-state index in [0.29, 0.717) is 0 Å². The Hall–Kier alpha value is -0.840. The Morgan fingerprint density at radius 3 is 2.65 bits per heavy atom. The SMILES string of the molecule is CCNCc1cc(CN2CCC(N(C)C)CC2)oc1C. The smallest absolute Gasteiger partial charge is 0.118 e. The molecule has 0 amide bonds. The maximum absolute atomic E-state index is 5.90. The standard InChI is InChI=1S/C16H29N3O/c1-5-17-11-14-10-16(20-13(14)2)12-19-8-6-15(7-9-19)18(3)4/h10,15,17H,5-9,11-12H2,1-4H3. The van der Waals surface area contributed by atoms with Crippen LogP contribution in [0.25, 0.3) is 0 Å². The van der Waals surface area contributed by atoms with Crippen LogP contribution in [0.3, 0.4) is 0 Å². The molecule has 4 nitrogen and oxygen atoms in total. The summed E-state index contributed by atoms with van der Waals surface area (Å²) < 4.78 is 5.90. The summed E-state index contributed by atoms with van der Waals surface area (Å²) >= 11 is 0. The Bertz CT molecular complexity index is 406. The van der Waals surface area contributed by atoms with Gasteiger partial charge in [0, 0.05) is 31.2 Å². The maximum atomic E-state index is 5.90. The highest BCUT2D eigenvalue weighted by Gasteiger charge is 2.21. The van der Waals surface area contributed by atoms with Crippen LogP contribution in [-0.2, 0) is 13.1 Å². The topological polar surface area (TPSA) is 31.6 Å². The molecule has 0 atom stereocenters. The second-order valence-electron chi connectivity index (χ2n) is 6.05. The lowest BCUT2D eigenvalue weighted by atomic mass is 10.0. The molecule has 2 rings (SSSR count). The van der Waals surface area contributed by atoms with Crippen molar-refractivity contribution in [3.05, 3.63) is 23.2 Å². The molecule has 4 heteroatoms. The van der Waals surface area contributed by atoms with E-state index >= 15 is 0 Å². The zero-order chi connectivity index (χ0) is 14.5. The number of nitrogens with zero attached hydrogens (tertiary/aromatic N) is 2. The van der Waals surface area contributed by atoms with Crippen molar-refractivity contribution in [1.82, 2.24) is 15.1 Å². The lowest BCUT2D eigenvalue weighted by molar-refractivity contribution is 0.133. The Morgan fingerprint density at radius 1 is 1.35 bits per heavy atom. The minimum Gasteiger partial charge on any atom is -0.465 e. The van der Waals surface area contributed by atoms with E-state index in [1.807, 2.05) is 0 Å². The first-order valence-electron chi connectivity index (χ1n) is 7.77. The summed E-state index contributed by atoms with van der Waals surface area (Å²) in [5, 5.41) is 3.36. The van der Waals surface area contributed by atoms with Crippen molar-refractivity contribution in [3.63, 3.8) is 0 Å². The average Bonchev–Trinajstić information content (AvgIpc) is 2.77. The van der Waals surface area contributed by atoms with Crippen molar-refractivity contribution in [3.8, 4) is 0 Å². The van der Waals surface area contributed by atoms with E-state index in [2.05, 4.69) is 49.1 Å². The summed E-state index contributed by atoms with van der Waals surface area (Å²) in [7, 11) is 4.37. The van der Waals surface area contributed by atoms with E-state index in [1.165, 1.54) is 31.5 Å². The monoisotopic (exact) mass is 279 g/mol. The summed E-state index contributed by atoms with van der Waals surface area (Å²) in [6.45, 7) is 9.40. The molecule has 1 N–H and O–H groups in total. The third-order valence-corrected chi connectivity index (χ3v) is 4.30. The number of aryl methyl sites for hydroxylation is 1. The highest BCUT2D eigenvalue weighted by molar-refractivity contribution is 5.20. The predicted octanol–water partition coefficient (Wildman–Crippen LogP) is 2.22. The minimum absolute atomic E-state index is 0.744. The first-order chi connectivity index (χ1) is 9.60. The molecule has 0 bridgehead atoms. The Kier molecular flexibility index (Phi) is 5.64. The summed E-state index contributed by atoms with van der Waals surface area (Å²) in [5.41, 5.74) is 1.30. The number of furan rings is 1. The molecule has 114 valence electrons. The third-order valence-electron chi connectivity index (χ3n) is 4.30. The van der Waals surface area contributed by atoms with Crippen LogP contribution in [0.15, 0.2) is 10.5 Å². The number of nitrogens with one attached hydrogen (secondary N) is 1. The lowest BCUT2D eigenvalue weighted by Crippen LogP contribution is -2.41. The molecule has 0 aromatic carbocycles. The Morgan fingerprint density at radius 2 is 2.05 bits per heavy atom. The van der Waals surface area contributed by atoms with E-state index in [9.17, 15) is 0 Å². The highest BCUT2D eigenvalue weighted by Crippen LogP contribution is 2.20. The normalized spacial score (nSPS) is 18.1. The van der Waals surface area contributed by atoms with Gasteiger partial charge in [-0.3, -0.25) is 4.90 Å². The molecule has 1 aliphatic heterocycles. The fourth-order valence-electron chi connectivity index (χ4n) is 2.91. The minimum atomic E-state index is 0.744. The van der Waals surface area contributed by atoms with Crippen molar-refractivity contribution in [1.29, 1.82) is 0 Å². The quantitative estimate of drug-likeness (QED) is 0.865. The van der Waals surface area contributed by atoms with Gasteiger partial charge in [0.05, 0.1) is 6.54 Å². The van der Waals surface area contributed by atoms with Crippen LogP contribution < -0.4 is 5.32 Å². The zero-order valence-corrected chi connectivity index (χ0v) is 13.4. The van der Waals surface area contributed by atoms with Crippen LogP contribution >= 0.6 is 0 Å². The molecule has 0 spiro atoms. The predicted molar refractivity (Wildman–Crippen MR) is 82.8 cm³/mol. The fourth-order valence-corrected chi connectivity index (χ4v) is 2.91. The second kappa shape index (κ2) is 7.25. The van der Waals surface area contributed by atoms with Gasteiger partial charge < -0.3 is 14.6 Å². The van der Waals surface area contributed by atoms with Gasteiger partial charge in [-0.2, -0.15) is 0 Å². The molecule has 0 radical (unpaired) electrons. The molecule has 1 saturated heterocycles. The number of hydrogen-bond acceptors (Lipinski definition) is 4. The molecular weight excluding hydrogens is 250 g/mol. The number of hydrogen-bond donors (Lipinski definition) is 1. The van der Waals surface area contributed by atoms with Gasteiger partial charge in [-0.1, -0.05) is 6.92 Å². The van der Waals surface area contributed by atoms with Gasteiger partial charge in [0.2, 0.25) is 0 Å². The van der Waals surface area contributed by atoms with Crippen molar-refractivity contribution < 1.29 is 4.42 Å². The molecule has 0 saturated carbocycles. The molecule has 20 heavy (non-hydrogen) atoms. The Labute approximate surface area is 123 Å². The number of likely N-dealkylation sites (tertiary alicyclic amines) is 1. The lowest BCUT2D eigenvalue weighted by Gasteiger charge is -2.34. The van der Waals surface area contributed by atoms with Gasteiger partial charge in [-0.15, -0.1) is 0 Å². The molecule has 0 unspecified atom stereocenters. The zero-order valence-electron chi connectivity index (χ0n) is 13.4. The fraction of sp³-hybridized carbons (Fsp3) is 0.750. The molecule has 1 aromatic rings. The first-order valence-corrected chi connectivity index (χ1v) is 7.77. The van der Waals surface area contributed by atoms with Crippen LogP contribution in [0.2, 0.25) is 0 Å². The summed E-state index contributed by atoms with van der Waals surface area (Å²) in [6.07, 6.45) is 2.52. The first kappa shape index (κ1) is 15.5. The van der Waals surface area contributed by atoms with Gasteiger partial charge in [-0.25, -0.2) is 0 Å². The van der Waals surface area contributed by atoms with E-state index in [-0.39, 0.29) is 0 Å². The number of rotatable bonds is 6. The highest BCUT2D eigenvalue weighted by atomic mass is 16.3. The molecule has 0 aliphatic carbocycles. The summed E-state index contributed by atoms with van der Waals surface area (Å²) in [4.78, 5) is 4.86. The van der Waals surface area contributed by atoms with Crippen LogP contribution in [0, 0.1) is 6.92 Å². The molecule has 1 fully saturated rings. The van der Waals surface area contributed by atoms with Crippen LogP contribution in [-0.4, -0.2) is 49.6 Å². The van der Waals surface area contributed by atoms with Crippen LogP contribution in [0.5, 0.6) is 0 Å². The van der Waals surface area contributed by atoms with Crippen molar-refractivity contribution >= 4 is 0 Å². The summed E-state index contributed by atoms with van der Waals surface area (Å²) in [5.74, 6) is 2.17.